The molecule has 18 nitrogen and oxygen atoms in total. The zero-order valence-electron chi connectivity index (χ0n) is 32.6. The number of aromatic hydroxyl groups is 1. The van der Waals surface area contributed by atoms with Gasteiger partial charge in [-0.2, -0.15) is 0 Å². The zero-order valence-corrected chi connectivity index (χ0v) is 32.6. The number of ether oxygens (including phenoxy) is 1. The molecule has 314 valence electrons. The van der Waals surface area contributed by atoms with E-state index in [0.717, 1.165) is 19.2 Å². The van der Waals surface area contributed by atoms with Crippen LogP contribution in [0.25, 0.3) is 10.9 Å². The molecule has 0 bridgehead atoms. The number of aliphatic hydroxyl groups excluding tert-OH is 3. The topological polar surface area (TPSA) is 277 Å². The Kier molecular flexibility index (Phi) is 9.91. The molecule has 2 aromatic carbocycles. The summed E-state index contributed by atoms with van der Waals surface area (Å²) in [7, 11) is 4.87. The van der Waals surface area contributed by atoms with E-state index < -0.39 is 98.3 Å². The van der Waals surface area contributed by atoms with E-state index in [0.29, 0.717) is 30.0 Å². The fraction of sp³-hybridized carbons (Fsp3) is 0.425. The second-order valence-electron chi connectivity index (χ2n) is 16.0. The molecular weight excluding hydrogens is 777 g/mol. The molecule has 0 spiro atoms. The van der Waals surface area contributed by atoms with Crippen LogP contribution in [0.15, 0.2) is 57.9 Å². The molecule has 8 rings (SSSR count). The Balaban J connectivity index is 0.000000184. The van der Waals surface area contributed by atoms with Gasteiger partial charge in [0.1, 0.15) is 40.7 Å². The average Bonchev–Trinajstić information content (AvgIpc) is 3.15. The van der Waals surface area contributed by atoms with Crippen LogP contribution in [0, 0.1) is 17.7 Å². The quantitative estimate of drug-likeness (QED) is 0.164. The van der Waals surface area contributed by atoms with Crippen LogP contribution < -0.4 is 20.8 Å². The number of pyridine rings is 1. The third-order valence-electron chi connectivity index (χ3n) is 12.2. The van der Waals surface area contributed by atoms with E-state index in [1.165, 1.54) is 50.3 Å². The van der Waals surface area contributed by atoms with E-state index in [2.05, 4.69) is 4.90 Å². The number of aliphatic hydroxyl groups is 5. The number of aromatic carboxylic acids is 1. The fourth-order valence-corrected chi connectivity index (χ4v) is 9.29. The van der Waals surface area contributed by atoms with Crippen LogP contribution in [0.3, 0.4) is 0 Å². The third kappa shape index (κ3) is 5.89. The van der Waals surface area contributed by atoms with Gasteiger partial charge in [0.2, 0.25) is 11.2 Å². The van der Waals surface area contributed by atoms with Gasteiger partial charge in [-0.25, -0.2) is 9.18 Å². The van der Waals surface area contributed by atoms with E-state index in [1.807, 2.05) is 18.9 Å². The number of Topliss-reactive ketones (excluding diaryl/α,β-unsaturated/α-hetero) is 2. The number of nitrogens with two attached hydrogens (primary N) is 1. The molecule has 0 unspecified atom stereocenters. The molecule has 3 aliphatic carbocycles. The Labute approximate surface area is 335 Å². The molecule has 0 radical (unpaired) electrons. The predicted octanol–water partition coefficient (Wildman–Crippen LogP) is 0.300. The lowest BCUT2D eigenvalue weighted by Gasteiger charge is -2.55. The number of phenols is 1. The molecule has 2 aliphatic heterocycles. The number of hydrogen-bond donors (Lipinski definition) is 8. The minimum Gasteiger partial charge on any atom is -0.510 e. The smallest absolute Gasteiger partial charge is 0.341 e. The average molecular weight is 822 g/mol. The van der Waals surface area contributed by atoms with Crippen molar-refractivity contribution in [2.45, 2.75) is 43.2 Å². The SMILES string of the molecule is CN(C)[C@@H]1C(O)=C(C(N)=O)C(=O)[C@@]2(O)C(O)=C3C(=O)c4c(O)cccc4[C@@](C)(O)[C@H]3[C@H](O)[C@@H]12.C[C@H]1COc2c(N3CCN(C)CC3)c(F)cc3c(=O)c(C(=O)O)cn1c23. The molecule has 3 aromatic rings. The van der Waals surface area contributed by atoms with Crippen LogP contribution in [-0.2, 0) is 15.2 Å². The first-order valence-electron chi connectivity index (χ1n) is 18.7. The summed E-state index contributed by atoms with van der Waals surface area (Å²) in [5.74, 6) is -11.2. The van der Waals surface area contributed by atoms with Crippen LogP contribution in [0.5, 0.6) is 11.5 Å². The number of aromatic nitrogens is 1. The Morgan fingerprint density at radius 3 is 2.29 bits per heavy atom. The van der Waals surface area contributed by atoms with Crippen molar-refractivity contribution in [3.05, 3.63) is 85.9 Å². The number of carboxylic acids is 1. The molecule has 3 heterocycles. The number of phenolic OH excluding ortho intramolecular Hbond substituents is 1. The molecule has 59 heavy (non-hydrogen) atoms. The zero-order chi connectivity index (χ0) is 43.4. The fourth-order valence-electron chi connectivity index (χ4n) is 9.29. The van der Waals surface area contributed by atoms with Crippen molar-refractivity contribution in [3.63, 3.8) is 0 Å². The standard InChI is InChI=1S/C22H24N2O9.C18H20FN3O4/c1-21(32)7-5-4-6-8(25)9(7)15(26)10-12(21)17(28)13-14(24(2)3)16(27)11(20(23)31)19(30)22(13,33)18(10)29;1-10-9-26-17-14-11(16(23)12(18(24)25)8-22(10)14)7-13(19)15(17)21-5-3-20(2)4-6-21/h4-6,12-14,17,25,27-29,32-33H,1-3H3,(H2,23,31);7-8,10H,3-6,9H2,1-2H3,(H,24,25)/t12-,13-,14+,17+,21-,22+;10-/m10/s1. The highest BCUT2D eigenvalue weighted by Crippen LogP contribution is 2.56. The van der Waals surface area contributed by atoms with Crippen molar-refractivity contribution < 1.29 is 64.1 Å². The summed E-state index contributed by atoms with van der Waals surface area (Å²) >= 11 is 0. The molecule has 19 heteroatoms. The second-order valence-corrected chi connectivity index (χ2v) is 16.0. The van der Waals surface area contributed by atoms with Gasteiger partial charge in [0.25, 0.3) is 5.91 Å². The van der Waals surface area contributed by atoms with E-state index in [9.17, 15) is 64.1 Å². The highest BCUT2D eigenvalue weighted by molar-refractivity contribution is 6.25. The van der Waals surface area contributed by atoms with Crippen LogP contribution in [-0.4, -0.2) is 145 Å². The van der Waals surface area contributed by atoms with Gasteiger partial charge in [0.15, 0.2) is 23.0 Å². The third-order valence-corrected chi connectivity index (χ3v) is 12.2. The number of halogens is 1. The Morgan fingerprint density at radius 2 is 1.69 bits per heavy atom. The maximum atomic E-state index is 15.0. The van der Waals surface area contributed by atoms with Gasteiger partial charge in [-0.1, -0.05) is 12.1 Å². The van der Waals surface area contributed by atoms with E-state index in [1.54, 1.807) is 4.57 Å². The van der Waals surface area contributed by atoms with Crippen LogP contribution in [0.4, 0.5) is 10.1 Å². The first-order chi connectivity index (χ1) is 27.6. The number of ketones is 2. The molecule has 1 saturated heterocycles. The number of anilines is 1. The summed E-state index contributed by atoms with van der Waals surface area (Å²) in [4.78, 5) is 67.9. The lowest BCUT2D eigenvalue weighted by atomic mass is 9.54. The molecule has 1 fully saturated rings. The van der Waals surface area contributed by atoms with Crippen molar-refractivity contribution >= 4 is 40.0 Å². The van der Waals surface area contributed by atoms with Gasteiger partial charge in [-0.15, -0.1) is 0 Å². The minimum absolute atomic E-state index is 0.0281. The van der Waals surface area contributed by atoms with Gasteiger partial charge >= 0.3 is 5.97 Å². The van der Waals surface area contributed by atoms with E-state index in [4.69, 9.17) is 10.5 Å². The number of likely N-dealkylation sites (N-methyl/N-ethyl adjacent to an activating group) is 2. The molecule has 1 aromatic heterocycles. The highest BCUT2D eigenvalue weighted by Gasteiger charge is 2.69. The van der Waals surface area contributed by atoms with Crippen molar-refractivity contribution in [2.24, 2.45) is 17.6 Å². The van der Waals surface area contributed by atoms with E-state index in [-0.39, 0.29) is 34.7 Å². The number of primary amides is 1. The summed E-state index contributed by atoms with van der Waals surface area (Å²) in [6, 6.07) is 3.53. The number of piperazine rings is 1. The van der Waals surface area contributed by atoms with Crippen molar-refractivity contribution in [2.75, 3.05) is 58.8 Å². The Hall–Kier alpha value is -5.86. The largest absolute Gasteiger partial charge is 0.510 e. The predicted molar refractivity (Wildman–Crippen MR) is 206 cm³/mol. The normalized spacial score (nSPS) is 29.1. The first kappa shape index (κ1) is 41.3. The molecule has 9 N–H and O–H groups in total. The van der Waals surface area contributed by atoms with Crippen molar-refractivity contribution in [1.82, 2.24) is 14.4 Å². The molecule has 0 saturated carbocycles. The summed E-state index contributed by atoms with van der Waals surface area (Å²) < 4.78 is 22.6. The second kappa shape index (κ2) is 14.2. The monoisotopic (exact) mass is 821 g/mol. The first-order valence-corrected chi connectivity index (χ1v) is 18.7. The lowest BCUT2D eigenvalue weighted by molar-refractivity contribution is -0.173. The van der Waals surface area contributed by atoms with Crippen LogP contribution in [0.1, 0.15) is 46.2 Å². The van der Waals surface area contributed by atoms with Crippen LogP contribution in [0.2, 0.25) is 0 Å². The summed E-state index contributed by atoms with van der Waals surface area (Å²) in [6.07, 6.45) is -0.529. The van der Waals surface area contributed by atoms with Crippen molar-refractivity contribution in [1.29, 1.82) is 0 Å². The summed E-state index contributed by atoms with van der Waals surface area (Å²) in [6.45, 7) is 6.33. The number of rotatable bonds is 4. The number of amides is 1. The van der Waals surface area contributed by atoms with Gasteiger partial charge < -0.3 is 60.6 Å². The number of hydrogen-bond acceptors (Lipinski definition) is 15. The summed E-state index contributed by atoms with van der Waals surface area (Å²) in [5.41, 5.74) is -2.10. The van der Waals surface area contributed by atoms with Gasteiger partial charge in [0, 0.05) is 32.4 Å². The molecule has 1 amide bonds. The molecule has 5 aliphatic rings. The minimum atomic E-state index is -3.02. The number of benzene rings is 2. The van der Waals surface area contributed by atoms with Crippen LogP contribution >= 0.6 is 0 Å². The Morgan fingerprint density at radius 1 is 1.05 bits per heavy atom. The number of fused-ring (bicyclic) bond motifs is 3. The number of carboxylic acid groups (broad SMARTS) is 1. The van der Waals surface area contributed by atoms with Gasteiger partial charge in [0.05, 0.1) is 57.7 Å². The number of carbonyl (C=O) groups is 4. The Bertz CT molecular complexity index is 2490. The number of nitrogens with zero attached hydrogens (tertiary/aromatic N) is 4. The summed E-state index contributed by atoms with van der Waals surface area (Å²) in [5, 5.41) is 75.8. The molecular formula is C40H44FN5O13. The van der Waals surface area contributed by atoms with Gasteiger partial charge in [-0.3, -0.25) is 24.1 Å². The highest BCUT2D eigenvalue weighted by atomic mass is 19.1. The maximum Gasteiger partial charge on any atom is 0.341 e. The number of carbonyl (C=O) groups excluding carboxylic acids is 3. The maximum absolute atomic E-state index is 15.0. The van der Waals surface area contributed by atoms with E-state index >= 15 is 0 Å². The molecule has 7 atom stereocenters. The lowest BCUT2D eigenvalue weighted by Crippen LogP contribution is -2.70. The van der Waals surface area contributed by atoms with Crippen molar-refractivity contribution in [3.8, 4) is 11.5 Å². The van der Waals surface area contributed by atoms with Gasteiger partial charge in [-0.05, 0) is 52.7 Å².